The summed E-state index contributed by atoms with van der Waals surface area (Å²) < 4.78 is 0. The summed E-state index contributed by atoms with van der Waals surface area (Å²) in [6.07, 6.45) is 1.85. The molecular weight excluding hydrogens is 252 g/mol. The molecule has 1 fully saturated rings. The first-order valence-corrected chi connectivity index (χ1v) is 7.59. The lowest BCUT2D eigenvalue weighted by molar-refractivity contribution is -0.141. The molecule has 2 atom stereocenters. The van der Waals surface area contributed by atoms with Crippen LogP contribution in [0.2, 0.25) is 0 Å². The summed E-state index contributed by atoms with van der Waals surface area (Å²) in [4.78, 5) is 22.6. The first-order chi connectivity index (χ1) is 8.63. The van der Waals surface area contributed by atoms with Crippen LogP contribution in [0.25, 0.3) is 0 Å². The summed E-state index contributed by atoms with van der Waals surface area (Å²) in [5, 5.41) is 15.0. The van der Waals surface area contributed by atoms with E-state index in [-0.39, 0.29) is 18.5 Å². The molecule has 104 valence electrons. The average molecular weight is 274 g/mol. The Labute approximate surface area is 112 Å². The molecule has 0 bridgehead atoms. The summed E-state index contributed by atoms with van der Waals surface area (Å²) in [7, 11) is 0. The maximum atomic E-state index is 11.7. The van der Waals surface area contributed by atoms with E-state index in [1.807, 2.05) is 18.7 Å². The van der Waals surface area contributed by atoms with Crippen LogP contribution in [0.4, 0.5) is 0 Å². The van der Waals surface area contributed by atoms with Gasteiger partial charge in [-0.25, -0.2) is 0 Å². The normalized spacial score (nSPS) is 21.3. The smallest absolute Gasteiger partial charge is 0.308 e. The van der Waals surface area contributed by atoms with Gasteiger partial charge in [0.1, 0.15) is 0 Å². The van der Waals surface area contributed by atoms with Gasteiger partial charge in [0.05, 0.1) is 5.92 Å². The Kier molecular flexibility index (Phi) is 7.12. The Morgan fingerprint density at radius 2 is 2.33 bits per heavy atom. The summed E-state index contributed by atoms with van der Waals surface area (Å²) in [5.41, 5.74) is 0. The molecule has 1 aliphatic rings. The monoisotopic (exact) mass is 274 g/mol. The average Bonchev–Trinajstić information content (AvgIpc) is 2.35. The van der Waals surface area contributed by atoms with E-state index in [0.29, 0.717) is 12.8 Å². The standard InChI is InChI=1S/C12H22N2O3S/c1-2-3-9(12(16)17)7-14-11(15)6-10-8-18-5-4-13-10/h9-10,13H,2-8H2,1H3,(H,14,15)(H,16,17). The minimum atomic E-state index is -0.830. The SMILES string of the molecule is CCCC(CNC(=O)CC1CSCCN1)C(=O)O. The Morgan fingerprint density at radius 1 is 1.56 bits per heavy atom. The van der Waals surface area contributed by atoms with Crippen LogP contribution in [0.3, 0.4) is 0 Å². The molecule has 1 saturated heterocycles. The van der Waals surface area contributed by atoms with Crippen LogP contribution in [-0.4, -0.2) is 47.6 Å². The van der Waals surface area contributed by atoms with Gasteiger partial charge in [-0.05, 0) is 6.42 Å². The summed E-state index contributed by atoms with van der Waals surface area (Å²) in [5.74, 6) is 0.689. The number of carboxylic acids is 1. The fraction of sp³-hybridized carbons (Fsp3) is 0.833. The molecule has 0 spiro atoms. The molecule has 5 nitrogen and oxygen atoms in total. The fourth-order valence-electron chi connectivity index (χ4n) is 1.95. The van der Waals surface area contributed by atoms with Crippen molar-refractivity contribution >= 4 is 23.6 Å². The van der Waals surface area contributed by atoms with E-state index in [0.717, 1.165) is 24.5 Å². The Hall–Kier alpha value is -0.750. The summed E-state index contributed by atoms with van der Waals surface area (Å²) in [6.45, 7) is 3.12. The molecular formula is C12H22N2O3S. The molecule has 0 aromatic heterocycles. The van der Waals surface area contributed by atoms with Gasteiger partial charge in [-0.2, -0.15) is 11.8 Å². The molecule has 1 rings (SSSR count). The molecule has 1 amide bonds. The van der Waals surface area contributed by atoms with Crippen LogP contribution >= 0.6 is 11.8 Å². The van der Waals surface area contributed by atoms with Crippen LogP contribution in [0.1, 0.15) is 26.2 Å². The molecule has 6 heteroatoms. The van der Waals surface area contributed by atoms with Crippen molar-refractivity contribution in [2.75, 3.05) is 24.6 Å². The molecule has 0 radical (unpaired) electrons. The number of hydrogen-bond donors (Lipinski definition) is 3. The third kappa shape index (κ3) is 5.73. The number of nitrogens with one attached hydrogen (secondary N) is 2. The van der Waals surface area contributed by atoms with Crippen molar-refractivity contribution in [1.29, 1.82) is 0 Å². The van der Waals surface area contributed by atoms with Gasteiger partial charge in [0, 0.05) is 37.1 Å². The maximum Gasteiger partial charge on any atom is 0.308 e. The largest absolute Gasteiger partial charge is 0.481 e. The molecule has 0 aliphatic carbocycles. The fourth-order valence-corrected chi connectivity index (χ4v) is 2.89. The number of rotatable bonds is 7. The quantitative estimate of drug-likeness (QED) is 0.637. The zero-order chi connectivity index (χ0) is 13.4. The van der Waals surface area contributed by atoms with E-state index < -0.39 is 11.9 Å². The van der Waals surface area contributed by atoms with Crippen LogP contribution < -0.4 is 10.6 Å². The highest BCUT2D eigenvalue weighted by Gasteiger charge is 2.20. The second kappa shape index (κ2) is 8.37. The molecule has 18 heavy (non-hydrogen) atoms. The zero-order valence-electron chi connectivity index (χ0n) is 10.8. The van der Waals surface area contributed by atoms with Crippen molar-refractivity contribution < 1.29 is 14.7 Å². The van der Waals surface area contributed by atoms with Crippen molar-refractivity contribution in [2.45, 2.75) is 32.2 Å². The van der Waals surface area contributed by atoms with Crippen molar-refractivity contribution in [3.05, 3.63) is 0 Å². The number of amides is 1. The topological polar surface area (TPSA) is 78.4 Å². The van der Waals surface area contributed by atoms with Crippen LogP contribution in [0.15, 0.2) is 0 Å². The van der Waals surface area contributed by atoms with Gasteiger partial charge >= 0.3 is 5.97 Å². The van der Waals surface area contributed by atoms with Gasteiger partial charge in [-0.3, -0.25) is 9.59 Å². The van der Waals surface area contributed by atoms with E-state index in [1.165, 1.54) is 0 Å². The molecule has 3 N–H and O–H groups in total. The lowest BCUT2D eigenvalue weighted by Gasteiger charge is -2.22. The predicted molar refractivity (Wildman–Crippen MR) is 72.8 cm³/mol. The number of hydrogen-bond acceptors (Lipinski definition) is 4. The van der Waals surface area contributed by atoms with E-state index in [2.05, 4.69) is 10.6 Å². The van der Waals surface area contributed by atoms with Gasteiger partial charge in [0.2, 0.25) is 5.91 Å². The van der Waals surface area contributed by atoms with Crippen molar-refractivity contribution in [3.8, 4) is 0 Å². The Balaban J connectivity index is 2.24. The first-order valence-electron chi connectivity index (χ1n) is 6.44. The second-order valence-corrected chi connectivity index (χ2v) is 5.71. The highest BCUT2D eigenvalue weighted by molar-refractivity contribution is 7.99. The number of carbonyl (C=O) groups is 2. The lowest BCUT2D eigenvalue weighted by atomic mass is 10.0. The predicted octanol–water partition coefficient (Wildman–Crippen LogP) is 0.699. The summed E-state index contributed by atoms with van der Waals surface area (Å²) in [6, 6.07) is 0.221. The van der Waals surface area contributed by atoms with Crippen LogP contribution in [-0.2, 0) is 9.59 Å². The highest BCUT2D eigenvalue weighted by atomic mass is 32.2. The third-order valence-corrected chi connectivity index (χ3v) is 4.09. The van der Waals surface area contributed by atoms with E-state index >= 15 is 0 Å². The van der Waals surface area contributed by atoms with Gasteiger partial charge in [0.15, 0.2) is 0 Å². The lowest BCUT2D eigenvalue weighted by Crippen LogP contribution is -2.42. The number of carbonyl (C=O) groups excluding carboxylic acids is 1. The molecule has 1 aliphatic heterocycles. The minimum Gasteiger partial charge on any atom is -0.481 e. The Morgan fingerprint density at radius 3 is 2.89 bits per heavy atom. The maximum absolute atomic E-state index is 11.7. The van der Waals surface area contributed by atoms with Gasteiger partial charge in [-0.15, -0.1) is 0 Å². The van der Waals surface area contributed by atoms with E-state index in [1.54, 1.807) is 0 Å². The Bertz CT molecular complexity index is 280. The molecule has 0 aromatic rings. The third-order valence-electron chi connectivity index (χ3n) is 2.96. The van der Waals surface area contributed by atoms with Crippen molar-refractivity contribution in [1.82, 2.24) is 10.6 Å². The molecule has 2 unspecified atom stereocenters. The number of carboxylic acid groups (broad SMARTS) is 1. The van der Waals surface area contributed by atoms with Gasteiger partial charge < -0.3 is 15.7 Å². The highest BCUT2D eigenvalue weighted by Crippen LogP contribution is 2.10. The minimum absolute atomic E-state index is 0.0580. The second-order valence-electron chi connectivity index (χ2n) is 4.56. The molecule has 0 aromatic carbocycles. The number of aliphatic carboxylic acids is 1. The van der Waals surface area contributed by atoms with Crippen LogP contribution in [0, 0.1) is 5.92 Å². The molecule has 0 saturated carbocycles. The molecule has 1 heterocycles. The van der Waals surface area contributed by atoms with Crippen molar-refractivity contribution in [3.63, 3.8) is 0 Å². The van der Waals surface area contributed by atoms with Gasteiger partial charge in [0.25, 0.3) is 0 Å². The number of thioether (sulfide) groups is 1. The van der Waals surface area contributed by atoms with Gasteiger partial charge in [-0.1, -0.05) is 13.3 Å². The first kappa shape index (κ1) is 15.3. The zero-order valence-corrected chi connectivity index (χ0v) is 11.6. The van der Waals surface area contributed by atoms with Crippen LogP contribution in [0.5, 0.6) is 0 Å². The van der Waals surface area contributed by atoms with Crippen molar-refractivity contribution in [2.24, 2.45) is 5.92 Å². The van der Waals surface area contributed by atoms with E-state index in [4.69, 9.17) is 5.11 Å². The summed E-state index contributed by atoms with van der Waals surface area (Å²) >= 11 is 1.85. The van der Waals surface area contributed by atoms with E-state index in [9.17, 15) is 9.59 Å².